The number of carbonyl (C=O) groups excluding carboxylic acids is 1. The molecule has 5 heteroatoms. The molecule has 2 rings (SSSR count). The Labute approximate surface area is 143 Å². The van der Waals surface area contributed by atoms with Crippen LogP contribution in [0.3, 0.4) is 0 Å². The average Bonchev–Trinajstić information content (AvgIpc) is 2.60. The molecule has 0 aliphatic carbocycles. The van der Waals surface area contributed by atoms with Crippen LogP contribution >= 0.6 is 0 Å². The maximum absolute atomic E-state index is 12.5. The van der Waals surface area contributed by atoms with E-state index >= 15 is 0 Å². The van der Waals surface area contributed by atoms with Gasteiger partial charge in [-0.1, -0.05) is 36.4 Å². The zero-order valence-electron chi connectivity index (χ0n) is 14.4. The molecule has 5 nitrogen and oxygen atoms in total. The molecule has 1 atom stereocenters. The van der Waals surface area contributed by atoms with E-state index in [9.17, 15) is 4.79 Å². The number of benzene rings is 2. The highest BCUT2D eigenvalue weighted by Crippen LogP contribution is 2.19. The van der Waals surface area contributed by atoms with E-state index in [0.29, 0.717) is 13.2 Å². The third kappa shape index (κ3) is 4.99. The maximum atomic E-state index is 12.5. The molecule has 0 fully saturated rings. The molecular weight excluding hydrogens is 304 g/mol. The third-order valence-electron chi connectivity index (χ3n) is 3.59. The molecular formula is C19H24N2O3. The van der Waals surface area contributed by atoms with Gasteiger partial charge in [0.15, 0.2) is 0 Å². The fourth-order valence-corrected chi connectivity index (χ4v) is 2.45. The zero-order valence-corrected chi connectivity index (χ0v) is 14.4. The first kappa shape index (κ1) is 17.8. The number of nitrogens with zero attached hydrogens (tertiary/aromatic N) is 1. The van der Waals surface area contributed by atoms with Crippen LogP contribution in [0.1, 0.15) is 11.6 Å². The van der Waals surface area contributed by atoms with Gasteiger partial charge < -0.3 is 14.8 Å². The van der Waals surface area contributed by atoms with Crippen LogP contribution in [0.15, 0.2) is 54.6 Å². The van der Waals surface area contributed by atoms with E-state index in [2.05, 4.69) is 5.32 Å². The van der Waals surface area contributed by atoms with Crippen molar-refractivity contribution in [3.8, 4) is 11.5 Å². The molecule has 24 heavy (non-hydrogen) atoms. The van der Waals surface area contributed by atoms with E-state index in [-0.39, 0.29) is 11.9 Å². The first-order valence-corrected chi connectivity index (χ1v) is 7.87. The fourth-order valence-electron chi connectivity index (χ4n) is 2.45. The highest BCUT2D eigenvalue weighted by molar-refractivity contribution is 5.83. The molecule has 1 N–H and O–H groups in total. The highest BCUT2D eigenvalue weighted by atomic mass is 16.5. The van der Waals surface area contributed by atoms with Gasteiger partial charge in [0, 0.05) is 6.07 Å². The molecule has 0 saturated carbocycles. The largest absolute Gasteiger partial charge is 0.497 e. The van der Waals surface area contributed by atoms with Crippen LogP contribution in [-0.4, -0.2) is 45.2 Å². The predicted molar refractivity (Wildman–Crippen MR) is 94.4 cm³/mol. The van der Waals surface area contributed by atoms with E-state index in [1.54, 1.807) is 7.11 Å². The molecule has 0 spiro atoms. The number of hydrogen-bond acceptors (Lipinski definition) is 4. The van der Waals surface area contributed by atoms with Crippen molar-refractivity contribution in [2.45, 2.75) is 6.04 Å². The minimum absolute atomic E-state index is 0.0413. The van der Waals surface area contributed by atoms with Crippen LogP contribution in [0.2, 0.25) is 0 Å². The van der Waals surface area contributed by atoms with E-state index in [1.165, 1.54) is 0 Å². The standard InChI is InChI=1S/C19H24N2O3/c1-21(2)18(15-8-5-4-6-9-15)19(22)20-12-13-24-17-11-7-10-16(14-17)23-3/h4-11,14,18H,12-13H2,1-3H3,(H,20,22)/t18-/m0/s1. The Hall–Kier alpha value is -2.53. The lowest BCUT2D eigenvalue weighted by Crippen LogP contribution is -2.38. The maximum Gasteiger partial charge on any atom is 0.242 e. The summed E-state index contributed by atoms with van der Waals surface area (Å²) in [6.45, 7) is 0.834. The van der Waals surface area contributed by atoms with Gasteiger partial charge in [0.25, 0.3) is 0 Å². The Bertz CT molecular complexity index is 644. The summed E-state index contributed by atoms with van der Waals surface area (Å²) < 4.78 is 10.8. The minimum atomic E-state index is -0.317. The lowest BCUT2D eigenvalue weighted by atomic mass is 10.1. The molecule has 2 aromatic carbocycles. The summed E-state index contributed by atoms with van der Waals surface area (Å²) in [6, 6.07) is 16.8. The second kappa shape index (κ2) is 8.93. The quantitative estimate of drug-likeness (QED) is 0.757. The van der Waals surface area contributed by atoms with Crippen LogP contribution in [0, 0.1) is 0 Å². The first-order chi connectivity index (χ1) is 11.6. The highest BCUT2D eigenvalue weighted by Gasteiger charge is 2.22. The summed E-state index contributed by atoms with van der Waals surface area (Å²) in [5.41, 5.74) is 0.966. The van der Waals surface area contributed by atoms with Crippen molar-refractivity contribution in [3.63, 3.8) is 0 Å². The van der Waals surface area contributed by atoms with Gasteiger partial charge in [-0.15, -0.1) is 0 Å². The van der Waals surface area contributed by atoms with Crippen LogP contribution in [0.4, 0.5) is 0 Å². The fraction of sp³-hybridized carbons (Fsp3) is 0.316. The Morgan fingerprint density at radius 2 is 1.79 bits per heavy atom. The number of likely N-dealkylation sites (N-methyl/N-ethyl adjacent to an activating group) is 1. The second-order valence-electron chi connectivity index (χ2n) is 5.60. The first-order valence-electron chi connectivity index (χ1n) is 7.87. The van der Waals surface area contributed by atoms with Crippen molar-refractivity contribution < 1.29 is 14.3 Å². The Morgan fingerprint density at radius 3 is 2.46 bits per heavy atom. The molecule has 2 aromatic rings. The molecule has 1 amide bonds. The normalized spacial score (nSPS) is 11.8. The molecule has 0 heterocycles. The van der Waals surface area contributed by atoms with Crippen molar-refractivity contribution in [3.05, 3.63) is 60.2 Å². The van der Waals surface area contributed by atoms with Gasteiger partial charge in [-0.05, 0) is 31.8 Å². The predicted octanol–water partition coefficient (Wildman–Crippen LogP) is 2.49. The Balaban J connectivity index is 1.85. The molecule has 128 valence electrons. The van der Waals surface area contributed by atoms with Gasteiger partial charge in [0.05, 0.1) is 13.7 Å². The Morgan fingerprint density at radius 1 is 1.08 bits per heavy atom. The summed E-state index contributed by atoms with van der Waals surface area (Å²) in [7, 11) is 5.40. The lowest BCUT2D eigenvalue weighted by Gasteiger charge is -2.23. The summed E-state index contributed by atoms with van der Waals surface area (Å²) >= 11 is 0. The van der Waals surface area contributed by atoms with Crippen LogP contribution < -0.4 is 14.8 Å². The zero-order chi connectivity index (χ0) is 17.4. The summed E-state index contributed by atoms with van der Waals surface area (Å²) in [6.07, 6.45) is 0. The van der Waals surface area contributed by atoms with Gasteiger partial charge in [-0.25, -0.2) is 0 Å². The molecule has 0 radical (unpaired) electrons. The second-order valence-corrected chi connectivity index (χ2v) is 5.60. The van der Waals surface area contributed by atoms with E-state index in [4.69, 9.17) is 9.47 Å². The van der Waals surface area contributed by atoms with Crippen molar-refractivity contribution in [1.29, 1.82) is 0 Å². The number of carbonyl (C=O) groups is 1. The average molecular weight is 328 g/mol. The van der Waals surface area contributed by atoms with Crippen molar-refractivity contribution in [2.75, 3.05) is 34.4 Å². The van der Waals surface area contributed by atoms with Gasteiger partial charge >= 0.3 is 0 Å². The monoisotopic (exact) mass is 328 g/mol. The number of hydrogen-bond donors (Lipinski definition) is 1. The van der Waals surface area contributed by atoms with Crippen molar-refractivity contribution >= 4 is 5.91 Å². The number of methoxy groups -OCH3 is 1. The molecule has 0 aliphatic rings. The van der Waals surface area contributed by atoms with Gasteiger partial charge in [0.2, 0.25) is 5.91 Å². The molecule has 0 saturated heterocycles. The molecule has 0 aromatic heterocycles. The molecule has 0 bridgehead atoms. The SMILES string of the molecule is COc1cccc(OCCNC(=O)[C@H](c2ccccc2)N(C)C)c1. The lowest BCUT2D eigenvalue weighted by molar-refractivity contribution is -0.125. The minimum Gasteiger partial charge on any atom is -0.497 e. The summed E-state index contributed by atoms with van der Waals surface area (Å²) in [5, 5.41) is 2.92. The van der Waals surface area contributed by atoms with Crippen LogP contribution in [-0.2, 0) is 4.79 Å². The van der Waals surface area contributed by atoms with Gasteiger partial charge in [0.1, 0.15) is 24.1 Å². The summed E-state index contributed by atoms with van der Waals surface area (Å²) in [4.78, 5) is 14.4. The van der Waals surface area contributed by atoms with Crippen molar-refractivity contribution in [1.82, 2.24) is 10.2 Å². The van der Waals surface area contributed by atoms with Crippen LogP contribution in [0.5, 0.6) is 11.5 Å². The van der Waals surface area contributed by atoms with E-state index in [1.807, 2.05) is 73.6 Å². The summed E-state index contributed by atoms with van der Waals surface area (Å²) in [5.74, 6) is 1.42. The molecule has 0 aliphatic heterocycles. The van der Waals surface area contributed by atoms with Gasteiger partial charge in [-0.3, -0.25) is 9.69 Å². The molecule has 0 unspecified atom stereocenters. The number of amides is 1. The smallest absolute Gasteiger partial charge is 0.242 e. The number of ether oxygens (including phenoxy) is 2. The van der Waals surface area contributed by atoms with Crippen LogP contribution in [0.25, 0.3) is 0 Å². The van der Waals surface area contributed by atoms with Gasteiger partial charge in [-0.2, -0.15) is 0 Å². The third-order valence-corrected chi connectivity index (χ3v) is 3.59. The Kier molecular flexibility index (Phi) is 6.63. The number of nitrogens with one attached hydrogen (secondary N) is 1. The van der Waals surface area contributed by atoms with E-state index in [0.717, 1.165) is 17.1 Å². The van der Waals surface area contributed by atoms with Crippen molar-refractivity contribution in [2.24, 2.45) is 0 Å². The number of rotatable bonds is 8. The van der Waals surface area contributed by atoms with E-state index < -0.39 is 0 Å². The topological polar surface area (TPSA) is 50.8 Å².